The monoisotopic (exact) mass is 293 g/mol. The number of rotatable bonds is 4. The molecule has 18 heavy (non-hydrogen) atoms. The van der Waals surface area contributed by atoms with Crippen molar-refractivity contribution in [1.29, 1.82) is 0 Å². The van der Waals surface area contributed by atoms with E-state index in [0.717, 1.165) is 12.1 Å². The third-order valence-corrected chi connectivity index (χ3v) is 4.88. The van der Waals surface area contributed by atoms with Crippen molar-refractivity contribution in [2.75, 3.05) is 7.05 Å². The molecule has 0 radical (unpaired) electrons. The first kappa shape index (κ1) is 14.9. The van der Waals surface area contributed by atoms with Crippen LogP contribution in [0.5, 0.6) is 0 Å². The summed E-state index contributed by atoms with van der Waals surface area (Å²) in [5.41, 5.74) is 0.272. The van der Waals surface area contributed by atoms with Crippen LogP contribution in [0.2, 0.25) is 5.02 Å². The number of hydrogen-bond acceptors (Lipinski definition) is 3. The van der Waals surface area contributed by atoms with E-state index in [1.165, 1.54) is 20.0 Å². The number of hydrogen-bond donors (Lipinski definition) is 1. The Bertz CT molecular complexity index is 559. The highest BCUT2D eigenvalue weighted by atomic mass is 35.5. The molecule has 1 N–H and O–H groups in total. The summed E-state index contributed by atoms with van der Waals surface area (Å²) in [6.45, 7) is 1.30. The molecule has 0 bridgehead atoms. The van der Waals surface area contributed by atoms with Crippen molar-refractivity contribution in [2.45, 2.75) is 17.9 Å². The number of nitrogens with one attached hydrogen (secondary N) is 1. The second-order valence-electron chi connectivity index (χ2n) is 3.80. The first-order chi connectivity index (χ1) is 8.27. The second kappa shape index (κ2) is 5.67. The minimum Gasteiger partial charge on any atom is -0.358 e. The van der Waals surface area contributed by atoms with Crippen LogP contribution in [0.3, 0.4) is 0 Å². The van der Waals surface area contributed by atoms with E-state index >= 15 is 0 Å². The highest BCUT2D eigenvalue weighted by Gasteiger charge is 2.28. The van der Waals surface area contributed by atoms with Crippen molar-refractivity contribution in [3.05, 3.63) is 34.6 Å². The zero-order valence-corrected chi connectivity index (χ0v) is 11.5. The minimum absolute atomic E-state index is 0.0303. The van der Waals surface area contributed by atoms with Gasteiger partial charge in [0.05, 0.1) is 5.75 Å². The summed E-state index contributed by atoms with van der Waals surface area (Å²) in [4.78, 5) is 11.3. The lowest BCUT2D eigenvalue weighted by Gasteiger charge is -2.12. The molecule has 100 valence electrons. The molecule has 4 nitrogen and oxygen atoms in total. The van der Waals surface area contributed by atoms with Crippen LogP contribution in [-0.2, 0) is 20.4 Å². The molecule has 1 rings (SSSR count). The molecule has 0 saturated carbocycles. The fraction of sp³-hybridized carbons (Fsp3) is 0.364. The third kappa shape index (κ3) is 3.43. The maximum absolute atomic E-state index is 12.8. The van der Waals surface area contributed by atoms with Crippen LogP contribution in [0, 0.1) is 5.82 Å². The normalized spacial score (nSPS) is 13.1. The van der Waals surface area contributed by atoms with Gasteiger partial charge in [-0.3, -0.25) is 4.79 Å². The van der Waals surface area contributed by atoms with Crippen LogP contribution in [0.4, 0.5) is 4.39 Å². The van der Waals surface area contributed by atoms with Crippen molar-refractivity contribution in [1.82, 2.24) is 5.32 Å². The molecular weight excluding hydrogens is 281 g/mol. The third-order valence-electron chi connectivity index (χ3n) is 2.53. The van der Waals surface area contributed by atoms with Gasteiger partial charge in [-0.1, -0.05) is 17.7 Å². The van der Waals surface area contributed by atoms with Gasteiger partial charge in [0.25, 0.3) is 0 Å². The van der Waals surface area contributed by atoms with E-state index in [1.54, 1.807) is 0 Å². The predicted octanol–water partition coefficient (Wildman–Crippen LogP) is 1.53. The molecule has 0 heterocycles. The molecule has 0 saturated heterocycles. The number of sulfone groups is 1. The van der Waals surface area contributed by atoms with Crippen LogP contribution in [0.15, 0.2) is 18.2 Å². The number of amides is 1. The fourth-order valence-electron chi connectivity index (χ4n) is 1.35. The van der Waals surface area contributed by atoms with E-state index < -0.39 is 32.6 Å². The van der Waals surface area contributed by atoms with Gasteiger partial charge in [-0.15, -0.1) is 0 Å². The molecule has 1 aromatic carbocycles. The molecule has 0 aliphatic rings. The van der Waals surface area contributed by atoms with Gasteiger partial charge in [0, 0.05) is 12.1 Å². The lowest BCUT2D eigenvalue weighted by Crippen LogP contribution is -2.36. The Balaban J connectivity index is 2.99. The summed E-state index contributed by atoms with van der Waals surface area (Å²) in [7, 11) is -2.32. The first-order valence-electron chi connectivity index (χ1n) is 5.15. The molecule has 0 fully saturated rings. The molecular formula is C11H13ClFNO3S. The van der Waals surface area contributed by atoms with Gasteiger partial charge in [-0.2, -0.15) is 0 Å². The van der Waals surface area contributed by atoms with Gasteiger partial charge in [0.15, 0.2) is 9.84 Å². The number of carbonyl (C=O) groups excluding carboxylic acids is 1. The van der Waals surface area contributed by atoms with Crippen LogP contribution in [0.1, 0.15) is 12.5 Å². The zero-order valence-electron chi connectivity index (χ0n) is 9.91. The second-order valence-corrected chi connectivity index (χ2v) is 6.53. The Hall–Kier alpha value is -1.14. The summed E-state index contributed by atoms with van der Waals surface area (Å²) < 4.78 is 36.7. The summed E-state index contributed by atoms with van der Waals surface area (Å²) in [5.74, 6) is -1.53. The summed E-state index contributed by atoms with van der Waals surface area (Å²) in [5, 5.41) is 1.12. The smallest absolute Gasteiger partial charge is 0.237 e. The van der Waals surface area contributed by atoms with Crippen molar-refractivity contribution < 1.29 is 17.6 Å². The Kier molecular flexibility index (Phi) is 4.70. The van der Waals surface area contributed by atoms with E-state index in [9.17, 15) is 17.6 Å². The fourth-order valence-corrected chi connectivity index (χ4v) is 3.04. The quantitative estimate of drug-likeness (QED) is 0.916. The Labute approximate surface area is 110 Å². The Morgan fingerprint density at radius 3 is 2.61 bits per heavy atom. The first-order valence-corrected chi connectivity index (χ1v) is 7.24. The summed E-state index contributed by atoms with van der Waals surface area (Å²) in [6, 6.07) is 3.46. The topological polar surface area (TPSA) is 63.2 Å². The van der Waals surface area contributed by atoms with E-state index in [1.807, 2.05) is 0 Å². The lowest BCUT2D eigenvalue weighted by molar-refractivity contribution is -0.119. The minimum atomic E-state index is -3.68. The largest absolute Gasteiger partial charge is 0.358 e. The van der Waals surface area contributed by atoms with Crippen LogP contribution < -0.4 is 5.32 Å². The van der Waals surface area contributed by atoms with Crippen LogP contribution in [0.25, 0.3) is 0 Å². The number of halogens is 2. The van der Waals surface area contributed by atoms with E-state index in [0.29, 0.717) is 0 Å². The summed E-state index contributed by atoms with van der Waals surface area (Å²) >= 11 is 5.75. The zero-order chi connectivity index (χ0) is 13.9. The standard InChI is InChI=1S/C11H13ClFNO3S/c1-7(11(15)14-2)18(16,17)6-8-3-4-9(13)5-10(8)12/h3-5,7H,6H2,1-2H3,(H,14,15)/t7-/m0/s1. The van der Waals surface area contributed by atoms with Crippen LogP contribution >= 0.6 is 11.6 Å². The maximum Gasteiger partial charge on any atom is 0.237 e. The SMILES string of the molecule is CNC(=O)[C@H](C)S(=O)(=O)Cc1ccc(F)cc1Cl. The molecule has 0 unspecified atom stereocenters. The van der Waals surface area contributed by atoms with Crippen molar-refractivity contribution in [2.24, 2.45) is 0 Å². The average molecular weight is 294 g/mol. The average Bonchev–Trinajstić information content (AvgIpc) is 2.30. The maximum atomic E-state index is 12.8. The Morgan fingerprint density at radius 2 is 2.11 bits per heavy atom. The molecule has 0 aliphatic carbocycles. The number of carbonyl (C=O) groups is 1. The molecule has 1 atom stereocenters. The van der Waals surface area contributed by atoms with Gasteiger partial charge in [0.2, 0.25) is 5.91 Å². The van der Waals surface area contributed by atoms with E-state index in [-0.39, 0.29) is 10.6 Å². The van der Waals surface area contributed by atoms with Gasteiger partial charge < -0.3 is 5.32 Å². The molecule has 0 aromatic heterocycles. The van der Waals surface area contributed by atoms with Gasteiger partial charge in [-0.05, 0) is 24.6 Å². The number of benzene rings is 1. The predicted molar refractivity (Wildman–Crippen MR) is 67.6 cm³/mol. The van der Waals surface area contributed by atoms with Crippen molar-refractivity contribution in [3.8, 4) is 0 Å². The van der Waals surface area contributed by atoms with Gasteiger partial charge in [-0.25, -0.2) is 12.8 Å². The Morgan fingerprint density at radius 1 is 1.50 bits per heavy atom. The van der Waals surface area contributed by atoms with Crippen LogP contribution in [-0.4, -0.2) is 26.6 Å². The van der Waals surface area contributed by atoms with E-state index in [2.05, 4.69) is 5.32 Å². The highest BCUT2D eigenvalue weighted by Crippen LogP contribution is 2.21. The van der Waals surface area contributed by atoms with Crippen molar-refractivity contribution in [3.63, 3.8) is 0 Å². The van der Waals surface area contributed by atoms with E-state index in [4.69, 9.17) is 11.6 Å². The highest BCUT2D eigenvalue weighted by molar-refractivity contribution is 7.92. The molecule has 0 spiro atoms. The molecule has 1 amide bonds. The molecule has 0 aliphatic heterocycles. The van der Waals surface area contributed by atoms with Gasteiger partial charge in [0.1, 0.15) is 11.1 Å². The molecule has 1 aromatic rings. The van der Waals surface area contributed by atoms with Gasteiger partial charge >= 0.3 is 0 Å². The molecule has 7 heteroatoms. The van der Waals surface area contributed by atoms with Crippen molar-refractivity contribution >= 4 is 27.3 Å². The summed E-state index contributed by atoms with van der Waals surface area (Å²) in [6.07, 6.45) is 0. The lowest BCUT2D eigenvalue weighted by atomic mass is 10.2.